The predicted octanol–water partition coefficient (Wildman–Crippen LogP) is 4.42. The third-order valence-electron chi connectivity index (χ3n) is 4.41. The lowest BCUT2D eigenvalue weighted by Crippen LogP contribution is -2.34. The molecule has 1 saturated heterocycles. The molecule has 0 bridgehead atoms. The van der Waals surface area contributed by atoms with Crippen molar-refractivity contribution in [3.05, 3.63) is 51.2 Å². The van der Waals surface area contributed by atoms with Gasteiger partial charge in [0.2, 0.25) is 0 Å². The Morgan fingerprint density at radius 2 is 1.96 bits per heavy atom. The molecule has 4 heteroatoms. The molecular formula is C19H23NO2S. The van der Waals surface area contributed by atoms with Crippen LogP contribution in [-0.4, -0.2) is 24.0 Å². The molecule has 1 atom stereocenters. The van der Waals surface area contributed by atoms with Gasteiger partial charge in [-0.2, -0.15) is 0 Å². The Morgan fingerprint density at radius 1 is 1.22 bits per heavy atom. The van der Waals surface area contributed by atoms with Crippen molar-refractivity contribution in [3.8, 4) is 5.75 Å². The van der Waals surface area contributed by atoms with Gasteiger partial charge in [-0.05, 0) is 56.9 Å². The summed E-state index contributed by atoms with van der Waals surface area (Å²) in [5, 5.41) is 0. The third-order valence-corrected chi connectivity index (χ3v) is 5.51. The van der Waals surface area contributed by atoms with Gasteiger partial charge >= 0.3 is 0 Å². The monoisotopic (exact) mass is 329 g/mol. The minimum Gasteiger partial charge on any atom is -0.483 e. The quantitative estimate of drug-likeness (QED) is 0.831. The largest absolute Gasteiger partial charge is 0.483 e. The van der Waals surface area contributed by atoms with Gasteiger partial charge in [-0.3, -0.25) is 4.79 Å². The normalized spacial score (nSPS) is 17.5. The van der Waals surface area contributed by atoms with Crippen LogP contribution >= 0.6 is 11.3 Å². The first kappa shape index (κ1) is 16.1. The highest BCUT2D eigenvalue weighted by Crippen LogP contribution is 2.35. The van der Waals surface area contributed by atoms with Crippen LogP contribution in [0.4, 0.5) is 0 Å². The molecule has 1 aromatic heterocycles. The van der Waals surface area contributed by atoms with Crippen molar-refractivity contribution >= 4 is 17.2 Å². The van der Waals surface area contributed by atoms with E-state index in [9.17, 15) is 4.79 Å². The summed E-state index contributed by atoms with van der Waals surface area (Å²) in [6.45, 7) is 7.09. The minimum absolute atomic E-state index is 0.0845. The first-order valence-electron chi connectivity index (χ1n) is 8.11. The molecular weight excluding hydrogens is 306 g/mol. The maximum Gasteiger partial charge on any atom is 0.261 e. The Kier molecular flexibility index (Phi) is 4.71. The minimum atomic E-state index is 0.0845. The van der Waals surface area contributed by atoms with Gasteiger partial charge in [0.15, 0.2) is 6.61 Å². The van der Waals surface area contributed by atoms with Crippen LogP contribution in [0.2, 0.25) is 0 Å². The molecule has 0 spiro atoms. The molecule has 1 unspecified atom stereocenters. The lowest BCUT2D eigenvalue weighted by atomic mass is 10.1. The van der Waals surface area contributed by atoms with Crippen LogP contribution < -0.4 is 4.74 Å². The summed E-state index contributed by atoms with van der Waals surface area (Å²) in [5.41, 5.74) is 2.15. The molecule has 1 aliphatic heterocycles. The van der Waals surface area contributed by atoms with Crippen molar-refractivity contribution in [2.75, 3.05) is 13.2 Å². The number of nitrogens with zero attached hydrogens (tertiary/aromatic N) is 1. The number of amides is 1. The summed E-state index contributed by atoms with van der Waals surface area (Å²) in [7, 11) is 0. The van der Waals surface area contributed by atoms with E-state index in [4.69, 9.17) is 4.74 Å². The molecule has 0 aliphatic carbocycles. The number of aryl methyl sites for hydroxylation is 3. The van der Waals surface area contributed by atoms with Crippen LogP contribution in [0.3, 0.4) is 0 Å². The average Bonchev–Trinajstić information content (AvgIpc) is 3.14. The lowest BCUT2D eigenvalue weighted by molar-refractivity contribution is -0.134. The van der Waals surface area contributed by atoms with Crippen LogP contribution in [0.15, 0.2) is 30.3 Å². The Balaban J connectivity index is 1.68. The standard InChI is InChI=1S/C19H23NO2S/c1-13-6-4-7-14(2)19(13)22-12-18(21)20-11-5-8-16(20)17-10-9-15(3)23-17/h4,6-7,9-10,16H,5,8,11-12H2,1-3H3. The zero-order valence-corrected chi connectivity index (χ0v) is 14.8. The van der Waals surface area contributed by atoms with E-state index >= 15 is 0 Å². The van der Waals surface area contributed by atoms with E-state index in [0.29, 0.717) is 0 Å². The van der Waals surface area contributed by atoms with Gasteiger partial charge in [-0.1, -0.05) is 18.2 Å². The number of carbonyl (C=O) groups excluding carboxylic acids is 1. The number of likely N-dealkylation sites (tertiary alicyclic amines) is 1. The molecule has 1 aromatic carbocycles. The van der Waals surface area contributed by atoms with E-state index < -0.39 is 0 Å². The molecule has 0 N–H and O–H groups in total. The molecule has 2 heterocycles. The Labute approximate surface area is 141 Å². The number of thiophene rings is 1. The van der Waals surface area contributed by atoms with E-state index in [0.717, 1.165) is 36.3 Å². The van der Waals surface area contributed by atoms with Crippen molar-refractivity contribution in [3.63, 3.8) is 0 Å². The van der Waals surface area contributed by atoms with Crippen molar-refractivity contribution < 1.29 is 9.53 Å². The van der Waals surface area contributed by atoms with Crippen molar-refractivity contribution in [1.29, 1.82) is 0 Å². The van der Waals surface area contributed by atoms with Gasteiger partial charge in [0, 0.05) is 16.3 Å². The number of carbonyl (C=O) groups is 1. The van der Waals surface area contributed by atoms with E-state index in [1.54, 1.807) is 11.3 Å². The van der Waals surface area contributed by atoms with E-state index in [1.807, 2.05) is 36.9 Å². The highest BCUT2D eigenvalue weighted by atomic mass is 32.1. The molecule has 1 aliphatic rings. The smallest absolute Gasteiger partial charge is 0.261 e. The first-order valence-corrected chi connectivity index (χ1v) is 8.92. The summed E-state index contributed by atoms with van der Waals surface area (Å²) < 4.78 is 5.84. The second-order valence-electron chi connectivity index (χ2n) is 6.20. The Hall–Kier alpha value is -1.81. The van der Waals surface area contributed by atoms with E-state index in [2.05, 4.69) is 19.1 Å². The molecule has 122 valence electrons. The Morgan fingerprint density at radius 3 is 2.61 bits per heavy atom. The highest BCUT2D eigenvalue weighted by Gasteiger charge is 2.31. The SMILES string of the molecule is Cc1ccc(C2CCCN2C(=O)COc2c(C)cccc2C)s1. The maximum absolute atomic E-state index is 12.6. The molecule has 23 heavy (non-hydrogen) atoms. The van der Waals surface area contributed by atoms with Crippen LogP contribution in [0, 0.1) is 20.8 Å². The second-order valence-corrected chi connectivity index (χ2v) is 7.52. The fourth-order valence-electron chi connectivity index (χ4n) is 3.24. The van der Waals surface area contributed by atoms with Crippen molar-refractivity contribution in [1.82, 2.24) is 4.90 Å². The zero-order chi connectivity index (χ0) is 16.4. The number of benzene rings is 1. The van der Waals surface area contributed by atoms with Gasteiger partial charge in [-0.15, -0.1) is 11.3 Å². The molecule has 3 nitrogen and oxygen atoms in total. The van der Waals surface area contributed by atoms with Gasteiger partial charge in [0.25, 0.3) is 5.91 Å². The zero-order valence-electron chi connectivity index (χ0n) is 14.0. The molecule has 0 saturated carbocycles. The first-order chi connectivity index (χ1) is 11.1. The maximum atomic E-state index is 12.6. The molecule has 3 rings (SSSR count). The Bertz CT molecular complexity index is 687. The van der Waals surface area contributed by atoms with E-state index in [-0.39, 0.29) is 18.6 Å². The third kappa shape index (κ3) is 3.42. The molecule has 1 amide bonds. The van der Waals surface area contributed by atoms with Crippen molar-refractivity contribution in [2.24, 2.45) is 0 Å². The molecule has 2 aromatic rings. The van der Waals surface area contributed by atoms with E-state index in [1.165, 1.54) is 9.75 Å². The lowest BCUT2D eigenvalue weighted by Gasteiger charge is -2.24. The van der Waals surface area contributed by atoms with Gasteiger partial charge in [0.1, 0.15) is 5.75 Å². The summed E-state index contributed by atoms with van der Waals surface area (Å²) in [4.78, 5) is 17.2. The van der Waals surface area contributed by atoms with Crippen LogP contribution in [0.25, 0.3) is 0 Å². The fraction of sp³-hybridized carbons (Fsp3) is 0.421. The van der Waals surface area contributed by atoms with Crippen molar-refractivity contribution in [2.45, 2.75) is 39.7 Å². The number of ether oxygens (including phenoxy) is 1. The van der Waals surface area contributed by atoms with Gasteiger partial charge in [-0.25, -0.2) is 0 Å². The fourth-order valence-corrected chi connectivity index (χ4v) is 4.26. The van der Waals surface area contributed by atoms with Crippen LogP contribution in [-0.2, 0) is 4.79 Å². The van der Waals surface area contributed by atoms with Gasteiger partial charge in [0.05, 0.1) is 6.04 Å². The number of rotatable bonds is 4. The second kappa shape index (κ2) is 6.75. The summed E-state index contributed by atoms with van der Waals surface area (Å²) in [5.74, 6) is 0.921. The number of hydrogen-bond donors (Lipinski definition) is 0. The molecule has 1 fully saturated rings. The summed E-state index contributed by atoms with van der Waals surface area (Å²) in [6, 6.07) is 10.5. The van der Waals surface area contributed by atoms with Crippen LogP contribution in [0.1, 0.15) is 39.8 Å². The highest BCUT2D eigenvalue weighted by molar-refractivity contribution is 7.12. The topological polar surface area (TPSA) is 29.5 Å². The molecule has 0 radical (unpaired) electrons. The number of hydrogen-bond acceptors (Lipinski definition) is 3. The predicted molar refractivity (Wildman–Crippen MR) is 94.2 cm³/mol. The number of para-hydroxylation sites is 1. The summed E-state index contributed by atoms with van der Waals surface area (Å²) >= 11 is 1.79. The van der Waals surface area contributed by atoms with Crippen LogP contribution in [0.5, 0.6) is 5.75 Å². The van der Waals surface area contributed by atoms with Gasteiger partial charge < -0.3 is 9.64 Å². The average molecular weight is 329 g/mol. The summed E-state index contributed by atoms with van der Waals surface area (Å²) in [6.07, 6.45) is 2.12.